The maximum Gasteiger partial charge on any atom is 0.240 e. The second-order valence-corrected chi connectivity index (χ2v) is 7.27. The SMILES string of the molecule is Cc1ccsc1C=NNC(=O)CCCC(=O)NN=Cc1sccc1C. The van der Waals surface area contributed by atoms with Crippen molar-refractivity contribution in [2.45, 2.75) is 33.1 Å². The zero-order chi connectivity index (χ0) is 18.1. The highest BCUT2D eigenvalue weighted by molar-refractivity contribution is 7.12. The summed E-state index contributed by atoms with van der Waals surface area (Å²) in [6.07, 6.45) is 4.18. The molecule has 2 aromatic heterocycles. The van der Waals surface area contributed by atoms with Gasteiger partial charge in [-0.15, -0.1) is 22.7 Å². The van der Waals surface area contributed by atoms with Crippen LogP contribution in [0.25, 0.3) is 0 Å². The topological polar surface area (TPSA) is 82.9 Å². The standard InChI is InChI=1S/C17H20N4O2S2/c1-12-6-8-24-14(12)10-18-20-16(22)4-3-5-17(23)21-19-11-15-13(2)7-9-25-15/h6-11H,3-5H2,1-2H3,(H,20,22)(H,21,23). The average molecular weight is 377 g/mol. The Labute approximate surface area is 154 Å². The number of thiophene rings is 2. The van der Waals surface area contributed by atoms with Gasteiger partial charge in [-0.2, -0.15) is 10.2 Å². The van der Waals surface area contributed by atoms with Crippen molar-refractivity contribution in [3.8, 4) is 0 Å². The number of carbonyl (C=O) groups is 2. The number of aryl methyl sites for hydroxylation is 2. The number of amides is 2. The Morgan fingerprint density at radius 2 is 1.36 bits per heavy atom. The lowest BCUT2D eigenvalue weighted by Gasteiger charge is -2.00. The van der Waals surface area contributed by atoms with Gasteiger partial charge >= 0.3 is 0 Å². The Morgan fingerprint density at radius 1 is 0.920 bits per heavy atom. The van der Waals surface area contributed by atoms with Crippen molar-refractivity contribution in [1.82, 2.24) is 10.9 Å². The third-order valence-electron chi connectivity index (χ3n) is 3.35. The van der Waals surface area contributed by atoms with Crippen LogP contribution < -0.4 is 10.9 Å². The third kappa shape index (κ3) is 6.60. The molecule has 8 heteroatoms. The monoisotopic (exact) mass is 376 g/mol. The second kappa shape index (κ2) is 9.85. The molecule has 132 valence electrons. The lowest BCUT2D eigenvalue weighted by atomic mass is 10.2. The van der Waals surface area contributed by atoms with E-state index < -0.39 is 0 Å². The van der Waals surface area contributed by atoms with Gasteiger partial charge in [0.15, 0.2) is 0 Å². The first-order chi connectivity index (χ1) is 12.1. The molecule has 2 amide bonds. The number of rotatable bonds is 8. The zero-order valence-electron chi connectivity index (χ0n) is 14.1. The van der Waals surface area contributed by atoms with Crippen LogP contribution in [-0.2, 0) is 9.59 Å². The Bertz CT molecular complexity index is 713. The van der Waals surface area contributed by atoms with E-state index in [1.165, 1.54) is 0 Å². The van der Waals surface area contributed by atoms with E-state index in [2.05, 4.69) is 21.1 Å². The van der Waals surface area contributed by atoms with Crippen LogP contribution in [0.2, 0.25) is 0 Å². The fraction of sp³-hybridized carbons (Fsp3) is 0.294. The summed E-state index contributed by atoms with van der Waals surface area (Å²) in [6, 6.07) is 3.99. The minimum atomic E-state index is -0.212. The molecule has 6 nitrogen and oxygen atoms in total. The second-order valence-electron chi connectivity index (χ2n) is 5.38. The van der Waals surface area contributed by atoms with Crippen molar-refractivity contribution in [2.75, 3.05) is 0 Å². The first-order valence-electron chi connectivity index (χ1n) is 7.78. The number of hydrogen-bond donors (Lipinski definition) is 2. The lowest BCUT2D eigenvalue weighted by Crippen LogP contribution is -2.20. The number of carbonyl (C=O) groups excluding carboxylic acids is 2. The molecule has 0 spiro atoms. The van der Waals surface area contributed by atoms with Gasteiger partial charge in [-0.25, -0.2) is 10.9 Å². The molecule has 2 N–H and O–H groups in total. The third-order valence-corrected chi connectivity index (χ3v) is 5.26. The van der Waals surface area contributed by atoms with Crippen LogP contribution in [0.4, 0.5) is 0 Å². The molecule has 0 aliphatic carbocycles. The maximum atomic E-state index is 11.7. The average Bonchev–Trinajstić information content (AvgIpc) is 3.16. The van der Waals surface area contributed by atoms with E-state index in [4.69, 9.17) is 0 Å². The molecule has 2 heterocycles. The quantitative estimate of drug-likeness (QED) is 0.548. The summed E-state index contributed by atoms with van der Waals surface area (Å²) in [5.74, 6) is -0.424. The van der Waals surface area contributed by atoms with Crippen LogP contribution in [0.1, 0.15) is 40.1 Å². The van der Waals surface area contributed by atoms with Gasteiger partial charge in [0.05, 0.1) is 12.4 Å². The van der Waals surface area contributed by atoms with Crippen LogP contribution in [-0.4, -0.2) is 24.2 Å². The molecule has 0 bridgehead atoms. The van der Waals surface area contributed by atoms with Gasteiger partial charge in [0.25, 0.3) is 0 Å². The predicted octanol–water partition coefficient (Wildman–Crippen LogP) is 3.20. The van der Waals surface area contributed by atoms with Crippen molar-refractivity contribution < 1.29 is 9.59 Å². The summed E-state index contributed by atoms with van der Waals surface area (Å²) >= 11 is 3.13. The molecule has 0 saturated carbocycles. The van der Waals surface area contributed by atoms with Crippen LogP contribution >= 0.6 is 22.7 Å². The molecular weight excluding hydrogens is 356 g/mol. The minimum absolute atomic E-state index is 0.212. The minimum Gasteiger partial charge on any atom is -0.273 e. The molecule has 0 aromatic carbocycles. The van der Waals surface area contributed by atoms with Crippen molar-refractivity contribution in [3.63, 3.8) is 0 Å². The van der Waals surface area contributed by atoms with Crippen LogP contribution in [0.15, 0.2) is 33.1 Å². The van der Waals surface area contributed by atoms with Gasteiger partial charge < -0.3 is 0 Å². The Kier molecular flexibility index (Phi) is 7.49. The smallest absolute Gasteiger partial charge is 0.240 e. The van der Waals surface area contributed by atoms with Crippen molar-refractivity contribution in [3.05, 3.63) is 43.8 Å². The summed E-state index contributed by atoms with van der Waals surface area (Å²) in [4.78, 5) is 25.4. The summed E-state index contributed by atoms with van der Waals surface area (Å²) in [7, 11) is 0. The first-order valence-corrected chi connectivity index (χ1v) is 9.54. The van der Waals surface area contributed by atoms with Gasteiger partial charge in [-0.1, -0.05) is 0 Å². The molecule has 0 fully saturated rings. The molecule has 0 saturated heterocycles. The van der Waals surface area contributed by atoms with E-state index >= 15 is 0 Å². The normalized spacial score (nSPS) is 11.3. The summed E-state index contributed by atoms with van der Waals surface area (Å²) in [6.45, 7) is 3.97. The molecule has 2 rings (SSSR count). The van der Waals surface area contributed by atoms with Gasteiger partial charge in [-0.05, 0) is 54.3 Å². The van der Waals surface area contributed by atoms with Crippen molar-refractivity contribution in [1.29, 1.82) is 0 Å². The molecule has 0 atom stereocenters. The number of hydrazone groups is 2. The van der Waals surface area contributed by atoms with Crippen LogP contribution in [0.5, 0.6) is 0 Å². The fourth-order valence-corrected chi connectivity index (χ4v) is 3.45. The molecule has 0 aliphatic heterocycles. The molecular formula is C17H20N4O2S2. The highest BCUT2D eigenvalue weighted by Crippen LogP contribution is 2.13. The van der Waals surface area contributed by atoms with Crippen molar-refractivity contribution >= 4 is 46.9 Å². The van der Waals surface area contributed by atoms with E-state index in [0.29, 0.717) is 6.42 Å². The van der Waals surface area contributed by atoms with E-state index in [9.17, 15) is 9.59 Å². The Morgan fingerprint density at radius 3 is 1.72 bits per heavy atom. The van der Waals surface area contributed by atoms with E-state index in [1.807, 2.05) is 36.7 Å². The highest BCUT2D eigenvalue weighted by Gasteiger charge is 2.04. The van der Waals surface area contributed by atoms with E-state index in [-0.39, 0.29) is 24.7 Å². The lowest BCUT2D eigenvalue weighted by molar-refractivity contribution is -0.122. The molecule has 0 unspecified atom stereocenters. The summed E-state index contributed by atoms with van der Waals surface area (Å²) in [5, 5.41) is 11.8. The van der Waals surface area contributed by atoms with E-state index in [0.717, 1.165) is 20.9 Å². The van der Waals surface area contributed by atoms with Crippen molar-refractivity contribution in [2.24, 2.45) is 10.2 Å². The van der Waals surface area contributed by atoms with Gasteiger partial charge in [0, 0.05) is 22.6 Å². The van der Waals surface area contributed by atoms with Gasteiger partial charge in [0.2, 0.25) is 11.8 Å². The fourth-order valence-electron chi connectivity index (χ4n) is 1.88. The number of nitrogens with zero attached hydrogens (tertiary/aromatic N) is 2. The summed E-state index contributed by atoms with van der Waals surface area (Å²) < 4.78 is 0. The zero-order valence-corrected chi connectivity index (χ0v) is 15.7. The molecule has 2 aromatic rings. The Hall–Kier alpha value is -2.32. The van der Waals surface area contributed by atoms with Gasteiger partial charge in [-0.3, -0.25) is 9.59 Å². The van der Waals surface area contributed by atoms with Crippen LogP contribution in [0.3, 0.4) is 0 Å². The first kappa shape index (κ1) is 19.0. The van der Waals surface area contributed by atoms with E-state index in [1.54, 1.807) is 35.1 Å². The van der Waals surface area contributed by atoms with Crippen LogP contribution in [0, 0.1) is 13.8 Å². The van der Waals surface area contributed by atoms with Gasteiger partial charge in [0.1, 0.15) is 0 Å². The highest BCUT2D eigenvalue weighted by atomic mass is 32.1. The largest absolute Gasteiger partial charge is 0.273 e. The predicted molar refractivity (Wildman–Crippen MR) is 103 cm³/mol. The molecule has 0 aliphatic rings. The maximum absolute atomic E-state index is 11.7. The summed E-state index contributed by atoms with van der Waals surface area (Å²) in [5.41, 5.74) is 7.18. The Balaban J connectivity index is 1.61. The molecule has 25 heavy (non-hydrogen) atoms. The number of nitrogens with one attached hydrogen (secondary N) is 2. The molecule has 0 radical (unpaired) electrons. The number of hydrogen-bond acceptors (Lipinski definition) is 6.